The van der Waals surface area contributed by atoms with Gasteiger partial charge in [-0.05, 0) is 25.0 Å². The molecular formula is C16H21N3. The largest absolute Gasteiger partial charge is 0.298 e. The predicted molar refractivity (Wildman–Crippen MR) is 76.9 cm³/mol. The molecule has 3 rings (SSSR count). The normalized spacial score (nSPS) is 16.5. The van der Waals surface area contributed by atoms with Gasteiger partial charge in [-0.3, -0.25) is 9.58 Å². The first kappa shape index (κ1) is 12.4. The van der Waals surface area contributed by atoms with E-state index in [1.807, 2.05) is 6.20 Å². The summed E-state index contributed by atoms with van der Waals surface area (Å²) < 4.78 is 2.07. The highest BCUT2D eigenvalue weighted by Gasteiger charge is 2.26. The van der Waals surface area contributed by atoms with Gasteiger partial charge in [0.15, 0.2) is 0 Å². The Morgan fingerprint density at radius 1 is 1.21 bits per heavy atom. The Balaban J connectivity index is 1.48. The minimum absolute atomic E-state index is 0.754. The van der Waals surface area contributed by atoms with Crippen molar-refractivity contribution in [3.8, 4) is 0 Å². The molecule has 0 atom stereocenters. The third-order valence-electron chi connectivity index (χ3n) is 3.73. The molecular weight excluding hydrogens is 234 g/mol. The molecule has 0 saturated carbocycles. The van der Waals surface area contributed by atoms with E-state index in [9.17, 15) is 0 Å². The van der Waals surface area contributed by atoms with Crippen molar-refractivity contribution < 1.29 is 0 Å². The van der Waals surface area contributed by atoms with Crippen molar-refractivity contribution in [2.45, 2.75) is 26.9 Å². The van der Waals surface area contributed by atoms with Crippen LogP contribution in [-0.2, 0) is 13.1 Å². The number of aryl methyl sites for hydroxylation is 2. The van der Waals surface area contributed by atoms with Crippen LogP contribution in [0.25, 0.3) is 0 Å². The zero-order valence-electron chi connectivity index (χ0n) is 11.7. The molecule has 1 fully saturated rings. The Morgan fingerprint density at radius 2 is 2.05 bits per heavy atom. The maximum absolute atomic E-state index is 4.36. The molecule has 0 radical (unpaired) electrons. The number of likely N-dealkylation sites (tertiary alicyclic amines) is 1. The molecule has 100 valence electrons. The van der Waals surface area contributed by atoms with Crippen LogP contribution in [0.3, 0.4) is 0 Å². The predicted octanol–water partition coefficient (Wildman–Crippen LogP) is 2.63. The molecule has 1 aromatic heterocycles. The molecule has 0 aliphatic carbocycles. The first-order valence-corrected chi connectivity index (χ1v) is 6.96. The van der Waals surface area contributed by atoms with Crippen LogP contribution >= 0.6 is 0 Å². The molecule has 1 saturated heterocycles. The average molecular weight is 255 g/mol. The summed E-state index contributed by atoms with van der Waals surface area (Å²) in [6.45, 7) is 8.75. The molecule has 2 aromatic rings. The van der Waals surface area contributed by atoms with E-state index in [1.165, 1.54) is 29.8 Å². The van der Waals surface area contributed by atoms with Crippen molar-refractivity contribution in [2.75, 3.05) is 13.1 Å². The molecule has 3 heteroatoms. The van der Waals surface area contributed by atoms with E-state index in [0.29, 0.717) is 0 Å². The van der Waals surface area contributed by atoms with Gasteiger partial charge in [-0.15, -0.1) is 0 Å². The third-order valence-corrected chi connectivity index (χ3v) is 3.73. The lowest BCUT2D eigenvalue weighted by Gasteiger charge is -2.39. The van der Waals surface area contributed by atoms with E-state index in [1.54, 1.807) is 0 Å². The standard InChI is InChI=1S/C16H21N3/c1-13-4-3-5-15(6-13)9-18-10-16(11-18)12-19-8-14(2)7-17-19/h3-8,16H,9-12H2,1-2H3. The van der Waals surface area contributed by atoms with Crippen molar-refractivity contribution in [2.24, 2.45) is 5.92 Å². The number of benzene rings is 1. The second-order valence-electron chi connectivity index (χ2n) is 5.79. The summed E-state index contributed by atoms with van der Waals surface area (Å²) in [7, 11) is 0. The summed E-state index contributed by atoms with van der Waals surface area (Å²) in [5.41, 5.74) is 4.02. The van der Waals surface area contributed by atoms with E-state index in [-0.39, 0.29) is 0 Å². The summed E-state index contributed by atoms with van der Waals surface area (Å²) >= 11 is 0. The average Bonchev–Trinajstić information content (AvgIpc) is 2.72. The van der Waals surface area contributed by atoms with Crippen LogP contribution in [0, 0.1) is 19.8 Å². The zero-order chi connectivity index (χ0) is 13.2. The van der Waals surface area contributed by atoms with Crippen molar-refractivity contribution >= 4 is 0 Å². The molecule has 3 nitrogen and oxygen atoms in total. The lowest BCUT2D eigenvalue weighted by molar-refractivity contribution is 0.0777. The fourth-order valence-corrected chi connectivity index (χ4v) is 2.82. The van der Waals surface area contributed by atoms with E-state index in [0.717, 1.165) is 19.0 Å². The minimum Gasteiger partial charge on any atom is -0.298 e. The molecule has 19 heavy (non-hydrogen) atoms. The number of hydrogen-bond donors (Lipinski definition) is 0. The van der Waals surface area contributed by atoms with Crippen molar-refractivity contribution in [1.29, 1.82) is 0 Å². The number of aromatic nitrogens is 2. The first-order valence-electron chi connectivity index (χ1n) is 6.96. The van der Waals surface area contributed by atoms with Crippen LogP contribution in [-0.4, -0.2) is 27.8 Å². The highest BCUT2D eigenvalue weighted by Crippen LogP contribution is 2.20. The van der Waals surface area contributed by atoms with Gasteiger partial charge in [0.05, 0.1) is 6.20 Å². The highest BCUT2D eigenvalue weighted by atomic mass is 15.3. The van der Waals surface area contributed by atoms with Crippen molar-refractivity contribution in [1.82, 2.24) is 14.7 Å². The fourth-order valence-electron chi connectivity index (χ4n) is 2.82. The second kappa shape index (κ2) is 5.17. The summed E-state index contributed by atoms with van der Waals surface area (Å²) in [5.74, 6) is 0.754. The van der Waals surface area contributed by atoms with Crippen LogP contribution in [0.5, 0.6) is 0 Å². The first-order chi connectivity index (χ1) is 9.19. The summed E-state index contributed by atoms with van der Waals surface area (Å²) in [5, 5.41) is 4.36. The SMILES string of the molecule is Cc1cccc(CN2CC(Cn3cc(C)cn3)C2)c1. The Labute approximate surface area is 114 Å². The summed E-state index contributed by atoms with van der Waals surface area (Å²) in [4.78, 5) is 2.51. The maximum Gasteiger partial charge on any atom is 0.0518 e. The van der Waals surface area contributed by atoms with E-state index in [2.05, 4.69) is 59.0 Å². The van der Waals surface area contributed by atoms with Crippen LogP contribution in [0.15, 0.2) is 36.7 Å². The van der Waals surface area contributed by atoms with Gasteiger partial charge in [0, 0.05) is 38.3 Å². The molecule has 0 unspecified atom stereocenters. The van der Waals surface area contributed by atoms with Gasteiger partial charge < -0.3 is 0 Å². The van der Waals surface area contributed by atoms with Crippen LogP contribution < -0.4 is 0 Å². The Kier molecular flexibility index (Phi) is 3.38. The van der Waals surface area contributed by atoms with Crippen LogP contribution in [0.2, 0.25) is 0 Å². The van der Waals surface area contributed by atoms with Gasteiger partial charge in [-0.1, -0.05) is 29.8 Å². The molecule has 0 N–H and O–H groups in total. The Morgan fingerprint density at radius 3 is 2.74 bits per heavy atom. The lowest BCUT2D eigenvalue weighted by atomic mass is 9.99. The van der Waals surface area contributed by atoms with Gasteiger partial charge >= 0.3 is 0 Å². The van der Waals surface area contributed by atoms with Gasteiger partial charge in [0.2, 0.25) is 0 Å². The smallest absolute Gasteiger partial charge is 0.0518 e. The highest BCUT2D eigenvalue weighted by molar-refractivity contribution is 5.22. The second-order valence-corrected chi connectivity index (χ2v) is 5.79. The third kappa shape index (κ3) is 3.04. The molecule has 1 aromatic carbocycles. The van der Waals surface area contributed by atoms with Gasteiger partial charge in [-0.2, -0.15) is 5.10 Å². The van der Waals surface area contributed by atoms with Gasteiger partial charge in [0.1, 0.15) is 0 Å². The molecule has 1 aliphatic heterocycles. The van der Waals surface area contributed by atoms with Crippen molar-refractivity contribution in [3.05, 3.63) is 53.3 Å². The summed E-state index contributed by atoms with van der Waals surface area (Å²) in [6.07, 6.45) is 4.06. The summed E-state index contributed by atoms with van der Waals surface area (Å²) in [6, 6.07) is 8.80. The molecule has 0 amide bonds. The van der Waals surface area contributed by atoms with E-state index in [4.69, 9.17) is 0 Å². The van der Waals surface area contributed by atoms with E-state index >= 15 is 0 Å². The molecule has 2 heterocycles. The van der Waals surface area contributed by atoms with E-state index < -0.39 is 0 Å². The van der Waals surface area contributed by atoms with Gasteiger partial charge in [-0.25, -0.2) is 0 Å². The minimum atomic E-state index is 0.754. The van der Waals surface area contributed by atoms with Gasteiger partial charge in [0.25, 0.3) is 0 Å². The van der Waals surface area contributed by atoms with Crippen LogP contribution in [0.1, 0.15) is 16.7 Å². The quantitative estimate of drug-likeness (QED) is 0.837. The molecule has 0 bridgehead atoms. The lowest BCUT2D eigenvalue weighted by Crippen LogP contribution is -2.47. The topological polar surface area (TPSA) is 21.1 Å². The number of rotatable bonds is 4. The van der Waals surface area contributed by atoms with Crippen molar-refractivity contribution in [3.63, 3.8) is 0 Å². The monoisotopic (exact) mass is 255 g/mol. The van der Waals surface area contributed by atoms with Crippen LogP contribution in [0.4, 0.5) is 0 Å². The molecule has 0 spiro atoms. The molecule has 1 aliphatic rings. The fraction of sp³-hybridized carbons (Fsp3) is 0.438. The zero-order valence-corrected chi connectivity index (χ0v) is 11.7. The Bertz CT molecular complexity index is 553. The Hall–Kier alpha value is -1.61. The maximum atomic E-state index is 4.36. The number of hydrogen-bond acceptors (Lipinski definition) is 2. The number of nitrogens with zero attached hydrogens (tertiary/aromatic N) is 3.